The minimum Gasteiger partial charge on any atom is -0.481 e. The molecule has 0 heterocycles. The number of hydrogen-bond acceptors (Lipinski definition) is 3. The van der Waals surface area contributed by atoms with Gasteiger partial charge in [-0.3, -0.25) is 9.59 Å². The molecule has 2 N–H and O–H groups in total. The molecule has 0 unspecified atom stereocenters. The molecule has 19 heavy (non-hydrogen) atoms. The first-order chi connectivity index (χ1) is 9.00. The molecule has 5 heteroatoms. The molecule has 4 nitrogen and oxygen atoms in total. The second kappa shape index (κ2) is 7.84. The summed E-state index contributed by atoms with van der Waals surface area (Å²) in [5, 5.41) is 11.4. The van der Waals surface area contributed by atoms with Crippen LogP contribution in [0.25, 0.3) is 0 Å². The molecule has 0 aliphatic heterocycles. The normalized spacial score (nSPS) is 10.5. The van der Waals surface area contributed by atoms with E-state index in [1.165, 1.54) is 11.8 Å². The molecular weight excluding hydrogens is 262 g/mol. The standard InChI is InChI=1S/C14H19NO3S/c1-10(2)11-5-3-4-6-12(11)15-13(16)9-19-8-7-14(17)18/h3-6,10H,7-9H2,1-2H3,(H,15,16)(H,17,18). The van der Waals surface area contributed by atoms with Gasteiger partial charge in [0, 0.05) is 11.4 Å². The predicted molar refractivity (Wildman–Crippen MR) is 78.7 cm³/mol. The molecule has 0 spiro atoms. The average Bonchev–Trinajstić information content (AvgIpc) is 2.35. The zero-order chi connectivity index (χ0) is 14.3. The summed E-state index contributed by atoms with van der Waals surface area (Å²) in [6, 6.07) is 7.72. The maximum atomic E-state index is 11.8. The summed E-state index contributed by atoms with van der Waals surface area (Å²) in [6.07, 6.45) is 0.0839. The third-order valence-corrected chi connectivity index (χ3v) is 3.51. The number of aliphatic carboxylic acids is 1. The number of benzene rings is 1. The zero-order valence-electron chi connectivity index (χ0n) is 11.2. The number of carboxylic acid groups (broad SMARTS) is 1. The van der Waals surface area contributed by atoms with Gasteiger partial charge >= 0.3 is 5.97 Å². The molecule has 0 aliphatic rings. The summed E-state index contributed by atoms with van der Waals surface area (Å²) in [5.74, 6) is 0.145. The Morgan fingerprint density at radius 2 is 2.00 bits per heavy atom. The van der Waals surface area contributed by atoms with Crippen molar-refractivity contribution < 1.29 is 14.7 Å². The summed E-state index contributed by atoms with van der Waals surface area (Å²) in [6.45, 7) is 4.15. The van der Waals surface area contributed by atoms with Crippen molar-refractivity contribution in [3.8, 4) is 0 Å². The van der Waals surface area contributed by atoms with Crippen LogP contribution in [0.15, 0.2) is 24.3 Å². The second-order valence-corrected chi connectivity index (χ2v) is 5.59. The molecule has 1 aromatic rings. The Kier molecular flexibility index (Phi) is 6.42. The van der Waals surface area contributed by atoms with Gasteiger partial charge in [-0.15, -0.1) is 0 Å². The zero-order valence-corrected chi connectivity index (χ0v) is 12.0. The van der Waals surface area contributed by atoms with E-state index in [0.717, 1.165) is 11.3 Å². The Bertz CT molecular complexity index is 446. The predicted octanol–water partition coefficient (Wildman–Crippen LogP) is 2.96. The van der Waals surface area contributed by atoms with Crippen LogP contribution in [0.2, 0.25) is 0 Å². The van der Waals surface area contributed by atoms with Gasteiger partial charge in [0.15, 0.2) is 0 Å². The SMILES string of the molecule is CC(C)c1ccccc1NC(=O)CSCCC(=O)O. The van der Waals surface area contributed by atoms with Crippen LogP contribution in [0.4, 0.5) is 5.69 Å². The highest BCUT2D eigenvalue weighted by molar-refractivity contribution is 7.99. The van der Waals surface area contributed by atoms with E-state index in [2.05, 4.69) is 19.2 Å². The molecule has 1 amide bonds. The molecule has 1 aromatic carbocycles. The van der Waals surface area contributed by atoms with Crippen molar-refractivity contribution in [1.82, 2.24) is 0 Å². The van der Waals surface area contributed by atoms with E-state index in [1.807, 2.05) is 24.3 Å². The number of carbonyl (C=O) groups excluding carboxylic acids is 1. The van der Waals surface area contributed by atoms with E-state index < -0.39 is 5.97 Å². The minimum atomic E-state index is -0.835. The van der Waals surface area contributed by atoms with Gasteiger partial charge in [0.1, 0.15) is 0 Å². The van der Waals surface area contributed by atoms with Crippen LogP contribution in [-0.2, 0) is 9.59 Å². The Balaban J connectivity index is 2.46. The van der Waals surface area contributed by atoms with Gasteiger partial charge in [0.05, 0.1) is 12.2 Å². The van der Waals surface area contributed by atoms with Crippen molar-refractivity contribution in [2.45, 2.75) is 26.2 Å². The smallest absolute Gasteiger partial charge is 0.304 e. The van der Waals surface area contributed by atoms with Gasteiger partial charge in [-0.2, -0.15) is 11.8 Å². The van der Waals surface area contributed by atoms with E-state index in [-0.39, 0.29) is 18.1 Å². The summed E-state index contributed by atoms with van der Waals surface area (Å²) < 4.78 is 0. The summed E-state index contributed by atoms with van der Waals surface area (Å²) >= 11 is 1.33. The number of carbonyl (C=O) groups is 2. The first-order valence-corrected chi connectivity index (χ1v) is 7.34. The Hall–Kier alpha value is -1.49. The molecule has 0 radical (unpaired) electrons. The van der Waals surface area contributed by atoms with Gasteiger partial charge in [-0.1, -0.05) is 32.0 Å². The number of rotatable bonds is 7. The highest BCUT2D eigenvalue weighted by atomic mass is 32.2. The lowest BCUT2D eigenvalue weighted by Gasteiger charge is -2.13. The largest absolute Gasteiger partial charge is 0.481 e. The van der Waals surface area contributed by atoms with E-state index >= 15 is 0 Å². The molecule has 0 bridgehead atoms. The van der Waals surface area contributed by atoms with Crippen molar-refractivity contribution in [2.75, 3.05) is 16.8 Å². The van der Waals surface area contributed by atoms with E-state index in [4.69, 9.17) is 5.11 Å². The van der Waals surface area contributed by atoms with Crippen molar-refractivity contribution in [3.63, 3.8) is 0 Å². The lowest BCUT2D eigenvalue weighted by Crippen LogP contribution is -2.16. The first kappa shape index (κ1) is 15.6. The lowest BCUT2D eigenvalue weighted by atomic mass is 10.0. The van der Waals surface area contributed by atoms with Crippen LogP contribution in [0.5, 0.6) is 0 Å². The van der Waals surface area contributed by atoms with E-state index in [9.17, 15) is 9.59 Å². The van der Waals surface area contributed by atoms with Crippen LogP contribution in [0, 0.1) is 0 Å². The quantitative estimate of drug-likeness (QED) is 0.754. The van der Waals surface area contributed by atoms with Crippen molar-refractivity contribution in [3.05, 3.63) is 29.8 Å². The van der Waals surface area contributed by atoms with Crippen molar-refractivity contribution in [1.29, 1.82) is 0 Å². The number of anilines is 1. The number of nitrogens with one attached hydrogen (secondary N) is 1. The number of carboxylic acids is 1. The number of hydrogen-bond donors (Lipinski definition) is 2. The monoisotopic (exact) mass is 281 g/mol. The maximum absolute atomic E-state index is 11.8. The summed E-state index contributed by atoms with van der Waals surface area (Å²) in [5.41, 5.74) is 1.94. The van der Waals surface area contributed by atoms with Gasteiger partial charge in [0.2, 0.25) is 5.91 Å². The van der Waals surface area contributed by atoms with Gasteiger partial charge < -0.3 is 10.4 Å². The van der Waals surface area contributed by atoms with Crippen LogP contribution in [-0.4, -0.2) is 28.5 Å². The fourth-order valence-electron chi connectivity index (χ4n) is 1.62. The fraction of sp³-hybridized carbons (Fsp3) is 0.429. The average molecular weight is 281 g/mol. The molecule has 0 saturated carbocycles. The Morgan fingerprint density at radius 3 is 2.63 bits per heavy atom. The first-order valence-electron chi connectivity index (χ1n) is 6.19. The molecular formula is C14H19NO3S. The van der Waals surface area contributed by atoms with Gasteiger partial charge in [0.25, 0.3) is 0 Å². The highest BCUT2D eigenvalue weighted by Gasteiger charge is 2.09. The molecule has 0 atom stereocenters. The Morgan fingerprint density at radius 1 is 1.32 bits per heavy atom. The number of para-hydroxylation sites is 1. The number of amides is 1. The van der Waals surface area contributed by atoms with Gasteiger partial charge in [-0.25, -0.2) is 0 Å². The second-order valence-electron chi connectivity index (χ2n) is 4.49. The third kappa shape index (κ3) is 5.79. The van der Waals surface area contributed by atoms with Gasteiger partial charge in [-0.05, 0) is 17.5 Å². The third-order valence-electron chi connectivity index (χ3n) is 2.55. The highest BCUT2D eigenvalue weighted by Crippen LogP contribution is 2.23. The van der Waals surface area contributed by atoms with Crippen LogP contribution < -0.4 is 5.32 Å². The summed E-state index contributed by atoms with van der Waals surface area (Å²) in [7, 11) is 0. The fourth-order valence-corrected chi connectivity index (χ4v) is 2.35. The van der Waals surface area contributed by atoms with Crippen LogP contribution in [0.1, 0.15) is 31.7 Å². The molecule has 0 aromatic heterocycles. The minimum absolute atomic E-state index is 0.0839. The maximum Gasteiger partial charge on any atom is 0.304 e. The molecule has 0 fully saturated rings. The van der Waals surface area contributed by atoms with Crippen molar-refractivity contribution in [2.24, 2.45) is 0 Å². The van der Waals surface area contributed by atoms with Crippen molar-refractivity contribution >= 4 is 29.3 Å². The molecule has 0 saturated heterocycles. The van der Waals surface area contributed by atoms with Crippen LogP contribution >= 0.6 is 11.8 Å². The lowest BCUT2D eigenvalue weighted by molar-refractivity contribution is -0.136. The van der Waals surface area contributed by atoms with E-state index in [0.29, 0.717) is 11.7 Å². The van der Waals surface area contributed by atoms with E-state index in [1.54, 1.807) is 0 Å². The molecule has 1 rings (SSSR count). The topological polar surface area (TPSA) is 66.4 Å². The summed E-state index contributed by atoms with van der Waals surface area (Å²) in [4.78, 5) is 22.1. The van der Waals surface area contributed by atoms with Crippen LogP contribution in [0.3, 0.4) is 0 Å². The molecule has 0 aliphatic carbocycles. The number of thioether (sulfide) groups is 1. The molecule has 104 valence electrons. The Labute approximate surface area is 117 Å².